The van der Waals surface area contributed by atoms with Gasteiger partial charge in [-0.25, -0.2) is 15.4 Å². The molecule has 1 saturated carbocycles. The molecule has 6 N–H and O–H groups in total. The van der Waals surface area contributed by atoms with Crippen molar-refractivity contribution < 1.29 is 28.7 Å². The number of nitrogens with one attached hydrogen (secondary N) is 2. The highest BCUT2D eigenvalue weighted by Gasteiger charge is 2.48. The molecule has 1 aromatic carbocycles. The fraction of sp³-hybridized carbons (Fsp3) is 0.536. The van der Waals surface area contributed by atoms with Crippen molar-refractivity contribution in [2.45, 2.75) is 56.5 Å². The zero-order chi connectivity index (χ0) is 31.3. The maximum Gasteiger partial charge on any atom is 0.323 e. The van der Waals surface area contributed by atoms with E-state index in [2.05, 4.69) is 39.3 Å². The van der Waals surface area contributed by atoms with Gasteiger partial charge >= 0.3 is 5.92 Å². The Balaban J connectivity index is 1.61. The number of aliphatic imine (C=N–C) groups is 1. The Morgan fingerprint density at radius 2 is 1.88 bits per heavy atom. The van der Waals surface area contributed by atoms with Crippen LogP contribution in [0.3, 0.4) is 0 Å². The minimum absolute atomic E-state index is 0.0699. The minimum atomic E-state index is -3.59. The van der Waals surface area contributed by atoms with Crippen LogP contribution >= 0.6 is 0 Å². The lowest BCUT2D eigenvalue weighted by Gasteiger charge is -2.32. The summed E-state index contributed by atoms with van der Waals surface area (Å²) in [5.41, 5.74) is 6.89. The van der Waals surface area contributed by atoms with Gasteiger partial charge in [0.15, 0.2) is 5.84 Å². The van der Waals surface area contributed by atoms with Crippen LogP contribution in [0.15, 0.2) is 52.6 Å². The molecule has 0 spiro atoms. The summed E-state index contributed by atoms with van der Waals surface area (Å²) < 4.78 is 36.5. The number of amidine groups is 2. The van der Waals surface area contributed by atoms with Gasteiger partial charge in [0.2, 0.25) is 5.84 Å². The summed E-state index contributed by atoms with van der Waals surface area (Å²) in [5, 5.41) is 27.2. The molecule has 4 rings (SSSR count). The van der Waals surface area contributed by atoms with Crippen molar-refractivity contribution in [1.82, 2.24) is 25.4 Å². The first kappa shape index (κ1) is 32.0. The molecule has 1 amide bonds. The Morgan fingerprint density at radius 3 is 2.49 bits per heavy atom. The number of anilines is 1. The Hall–Kier alpha value is -3.95. The quantitative estimate of drug-likeness (QED) is 0.280. The second-order valence-electron chi connectivity index (χ2n) is 11.0. The number of hydrogen-bond acceptors (Lipinski definition) is 10. The molecule has 0 atom stereocenters. The molecule has 2 saturated heterocycles. The summed E-state index contributed by atoms with van der Waals surface area (Å²) in [7, 11) is 4.82. The first-order valence-corrected chi connectivity index (χ1v) is 14.2. The highest BCUT2D eigenvalue weighted by atomic mass is 19.3. The van der Waals surface area contributed by atoms with Gasteiger partial charge in [-0.3, -0.25) is 4.79 Å². The normalized spacial score (nSPS) is 23.1. The van der Waals surface area contributed by atoms with Gasteiger partial charge in [0, 0.05) is 30.9 Å². The number of benzene rings is 1. The van der Waals surface area contributed by atoms with Crippen molar-refractivity contribution in [1.29, 1.82) is 0 Å². The number of piperidine rings is 1. The number of nitrogens with zero attached hydrogens (tertiary/aromatic N) is 6. The summed E-state index contributed by atoms with van der Waals surface area (Å²) in [6.45, 7) is 5.02. The van der Waals surface area contributed by atoms with Crippen LogP contribution in [0, 0.1) is 0 Å². The number of amides is 1. The largest absolute Gasteiger partial charge is 0.495 e. The van der Waals surface area contributed by atoms with E-state index >= 15 is 8.78 Å². The van der Waals surface area contributed by atoms with Crippen molar-refractivity contribution >= 4 is 23.3 Å². The predicted molar refractivity (Wildman–Crippen MR) is 158 cm³/mol. The van der Waals surface area contributed by atoms with Gasteiger partial charge in [-0.05, 0) is 69.4 Å². The number of likely N-dealkylation sites (tertiary alicyclic amines) is 1. The van der Waals surface area contributed by atoms with Crippen LogP contribution < -0.4 is 21.1 Å². The van der Waals surface area contributed by atoms with Gasteiger partial charge < -0.3 is 35.8 Å². The van der Waals surface area contributed by atoms with Crippen LogP contribution in [0.5, 0.6) is 5.75 Å². The second kappa shape index (κ2) is 13.6. The van der Waals surface area contributed by atoms with E-state index in [1.807, 2.05) is 0 Å². The van der Waals surface area contributed by atoms with Crippen molar-refractivity contribution in [3.8, 4) is 5.75 Å². The molecule has 2 aliphatic heterocycles. The highest BCUT2D eigenvalue weighted by Crippen LogP contribution is 2.34. The zero-order valence-electron chi connectivity index (χ0n) is 24.8. The molecule has 13 nitrogen and oxygen atoms in total. The molecular formula is C28H41F2N9O4. The fourth-order valence-corrected chi connectivity index (χ4v) is 5.74. The van der Waals surface area contributed by atoms with Gasteiger partial charge in [-0.15, -0.1) is 5.10 Å². The lowest BCUT2D eigenvalue weighted by atomic mass is 10.0. The van der Waals surface area contributed by atoms with Crippen LogP contribution in [0.1, 0.15) is 48.9 Å². The van der Waals surface area contributed by atoms with Crippen LogP contribution in [-0.2, 0) is 0 Å². The SMILES string of the molecule is C=C(/N=C1\C(=C/N)N(C)/C(=N/N(O)O)C(F)(F)CN1C1CCCC1)Nc1ccc(C(=O)NC2CCN(C)CC2)cc1OC. The molecule has 0 unspecified atom stereocenters. The molecule has 1 aliphatic carbocycles. The number of nitrogens with two attached hydrogens (primary N) is 1. The number of hydrogen-bond donors (Lipinski definition) is 5. The Morgan fingerprint density at radius 1 is 1.21 bits per heavy atom. The van der Waals surface area contributed by atoms with Crippen LogP contribution in [0.4, 0.5) is 14.5 Å². The molecule has 0 aromatic heterocycles. The van der Waals surface area contributed by atoms with Gasteiger partial charge in [0.1, 0.15) is 17.3 Å². The maximum atomic E-state index is 15.5. The van der Waals surface area contributed by atoms with E-state index in [4.69, 9.17) is 10.5 Å². The first-order chi connectivity index (χ1) is 20.4. The molecule has 0 bridgehead atoms. The number of ether oxygens (including phenoxy) is 1. The lowest BCUT2D eigenvalue weighted by Crippen LogP contribution is -2.47. The number of rotatable bonds is 8. The molecule has 2 heterocycles. The average molecular weight is 606 g/mol. The van der Waals surface area contributed by atoms with Crippen molar-refractivity contribution in [3.63, 3.8) is 0 Å². The monoisotopic (exact) mass is 605 g/mol. The molecular weight excluding hydrogens is 564 g/mol. The summed E-state index contributed by atoms with van der Waals surface area (Å²) in [4.78, 5) is 22.2. The van der Waals surface area contributed by atoms with Crippen molar-refractivity contribution in [3.05, 3.63) is 48.1 Å². The number of methoxy groups -OCH3 is 1. The van der Waals surface area contributed by atoms with E-state index in [1.54, 1.807) is 18.2 Å². The van der Waals surface area contributed by atoms with Crippen LogP contribution in [-0.4, -0.2) is 107 Å². The van der Waals surface area contributed by atoms with Gasteiger partial charge in [0.25, 0.3) is 5.91 Å². The third-order valence-corrected chi connectivity index (χ3v) is 8.02. The van der Waals surface area contributed by atoms with E-state index in [-0.39, 0.29) is 35.3 Å². The van der Waals surface area contributed by atoms with Gasteiger partial charge in [-0.1, -0.05) is 19.4 Å². The average Bonchev–Trinajstić information content (AvgIpc) is 3.48. The smallest absolute Gasteiger partial charge is 0.323 e. The number of hydrazone groups is 1. The maximum absolute atomic E-state index is 15.5. The molecule has 236 valence electrons. The number of alkyl halides is 2. The molecule has 0 radical (unpaired) electrons. The number of halogens is 2. The lowest BCUT2D eigenvalue weighted by molar-refractivity contribution is -0.308. The van der Waals surface area contributed by atoms with E-state index < -0.39 is 23.6 Å². The minimum Gasteiger partial charge on any atom is -0.495 e. The second-order valence-corrected chi connectivity index (χ2v) is 11.0. The highest BCUT2D eigenvalue weighted by molar-refractivity contribution is 6.06. The zero-order valence-corrected chi connectivity index (χ0v) is 24.8. The molecule has 3 aliphatic rings. The molecule has 43 heavy (non-hydrogen) atoms. The van der Waals surface area contributed by atoms with Crippen molar-refractivity contribution in [2.24, 2.45) is 15.8 Å². The first-order valence-electron chi connectivity index (χ1n) is 14.2. The van der Waals surface area contributed by atoms with Gasteiger partial charge in [-0.2, -0.15) is 8.78 Å². The Kier molecular flexibility index (Phi) is 10.1. The molecule has 3 fully saturated rings. The van der Waals surface area contributed by atoms with Gasteiger partial charge in [0.05, 0.1) is 19.3 Å². The molecule has 15 heteroatoms. The summed E-state index contributed by atoms with van der Waals surface area (Å²) in [6.07, 6.45) is 5.95. The molecule has 1 aromatic rings. The summed E-state index contributed by atoms with van der Waals surface area (Å²) in [6, 6.07) is 4.78. The topological polar surface area (TPSA) is 155 Å². The summed E-state index contributed by atoms with van der Waals surface area (Å²) >= 11 is 0. The number of carbonyl (C=O) groups is 1. The van der Waals surface area contributed by atoms with E-state index in [9.17, 15) is 15.2 Å². The number of likely N-dealkylation sites (N-methyl/N-ethyl adjacent to an activating group) is 1. The fourth-order valence-electron chi connectivity index (χ4n) is 5.74. The van der Waals surface area contributed by atoms with E-state index in [1.165, 1.54) is 19.1 Å². The van der Waals surface area contributed by atoms with Crippen LogP contribution in [0.2, 0.25) is 0 Å². The van der Waals surface area contributed by atoms with E-state index in [0.717, 1.165) is 49.9 Å². The third-order valence-electron chi connectivity index (χ3n) is 8.02. The predicted octanol–water partition coefficient (Wildman–Crippen LogP) is 2.82. The van der Waals surface area contributed by atoms with Crippen LogP contribution in [0.25, 0.3) is 0 Å². The third kappa shape index (κ3) is 7.53. The van der Waals surface area contributed by atoms with Crippen molar-refractivity contribution in [2.75, 3.05) is 46.2 Å². The Bertz CT molecular complexity index is 1270. The van der Waals surface area contributed by atoms with E-state index in [0.29, 0.717) is 29.8 Å². The number of carbonyl (C=O) groups excluding carboxylic acids is 1. The summed E-state index contributed by atoms with van der Waals surface area (Å²) in [5.74, 6) is -4.12. The standard InChI is InChI=1S/C28H41F2N9O4/c1-18(32-22-10-9-19(15-24(22)43-4)26(40)34-20-11-13-36(2)14-12-20)33-25-23(16-31)37(3)27(35-39(41)42)28(29,30)17-38(25)21-7-5-6-8-21/h9-10,15-16,20-21,32,41-42H,1,5-8,11-14,17,31H2,2-4H3,(H,34,40)/b23-16+,33-25+,35-27+. The Labute approximate surface area is 249 Å².